The lowest BCUT2D eigenvalue weighted by Gasteiger charge is -2.18. The molecule has 8 heteroatoms. The monoisotopic (exact) mass is 586 g/mol. The van der Waals surface area contributed by atoms with Crippen LogP contribution in [0.15, 0.2) is 119 Å². The number of carbonyl (C=O) groups excluding carboxylic acids is 2. The van der Waals surface area contributed by atoms with E-state index in [1.54, 1.807) is 12.1 Å². The summed E-state index contributed by atoms with van der Waals surface area (Å²) in [4.78, 5) is 42.4. The molecule has 1 atom stereocenters. The summed E-state index contributed by atoms with van der Waals surface area (Å²) in [6.07, 6.45) is 1.67. The predicted molar refractivity (Wildman–Crippen MR) is 168 cm³/mol. The van der Waals surface area contributed by atoms with Gasteiger partial charge < -0.3 is 24.2 Å². The average molecular weight is 587 g/mol. The molecule has 44 heavy (non-hydrogen) atoms. The third-order valence-electron chi connectivity index (χ3n) is 7.59. The van der Waals surface area contributed by atoms with Crippen molar-refractivity contribution in [2.75, 3.05) is 0 Å². The van der Waals surface area contributed by atoms with Crippen LogP contribution in [0.25, 0.3) is 21.9 Å². The number of aromatic nitrogens is 1. The SMILES string of the molecule is Cc1c(Cc2ccccc2)c(=O)oc2cc(OC(=O)[C@H](Cc3c[nH]c4ccccc34)NC(=O)OCc3ccccc3)ccc12. The maximum Gasteiger partial charge on any atom is 0.408 e. The number of nitrogens with one attached hydrogen (secondary N) is 2. The first-order valence-electron chi connectivity index (χ1n) is 14.3. The Labute approximate surface area is 253 Å². The third-order valence-corrected chi connectivity index (χ3v) is 7.59. The van der Waals surface area contributed by atoms with E-state index < -0.39 is 23.7 Å². The molecular weight excluding hydrogens is 556 g/mol. The Morgan fingerprint density at radius 2 is 1.57 bits per heavy atom. The molecule has 0 saturated carbocycles. The summed E-state index contributed by atoms with van der Waals surface area (Å²) in [5, 5.41) is 4.35. The van der Waals surface area contributed by atoms with E-state index in [4.69, 9.17) is 13.9 Å². The van der Waals surface area contributed by atoms with E-state index >= 15 is 0 Å². The van der Waals surface area contributed by atoms with Crippen molar-refractivity contribution >= 4 is 33.9 Å². The first kappa shape index (κ1) is 28.5. The number of carbonyl (C=O) groups is 2. The van der Waals surface area contributed by atoms with E-state index in [-0.39, 0.29) is 18.8 Å². The highest BCUT2D eigenvalue weighted by molar-refractivity contribution is 5.88. The molecule has 0 unspecified atom stereocenters. The van der Waals surface area contributed by atoms with E-state index in [1.165, 1.54) is 6.07 Å². The minimum Gasteiger partial charge on any atom is -0.445 e. The van der Waals surface area contributed by atoms with E-state index in [2.05, 4.69) is 10.3 Å². The van der Waals surface area contributed by atoms with Crippen molar-refractivity contribution in [1.29, 1.82) is 0 Å². The van der Waals surface area contributed by atoms with Crippen molar-refractivity contribution in [2.24, 2.45) is 0 Å². The largest absolute Gasteiger partial charge is 0.445 e. The van der Waals surface area contributed by atoms with Crippen molar-refractivity contribution in [1.82, 2.24) is 10.3 Å². The first-order valence-corrected chi connectivity index (χ1v) is 14.3. The van der Waals surface area contributed by atoms with Gasteiger partial charge in [0.2, 0.25) is 0 Å². The molecule has 0 radical (unpaired) electrons. The topological polar surface area (TPSA) is 111 Å². The fraction of sp³-hybridized carbons (Fsp3) is 0.139. The van der Waals surface area contributed by atoms with Crippen LogP contribution >= 0.6 is 0 Å². The van der Waals surface area contributed by atoms with Crippen LogP contribution in [0.2, 0.25) is 0 Å². The molecule has 0 aliphatic rings. The zero-order valence-electron chi connectivity index (χ0n) is 24.0. The molecule has 6 aromatic rings. The molecule has 0 bridgehead atoms. The standard InChI is InChI=1S/C36H30N2O6/c1-23-28-17-16-27(20-33(28)44-34(39)30(23)18-24-10-4-2-5-11-24)43-35(40)32(19-26-21-37-31-15-9-8-14-29(26)31)38-36(41)42-22-25-12-6-3-7-13-25/h2-17,20-21,32,37H,18-19,22H2,1H3,(H,38,41)/t32-/m0/s1. The summed E-state index contributed by atoms with van der Waals surface area (Å²) in [6, 6.07) is 30.5. The normalized spacial score (nSPS) is 11.8. The molecule has 8 nitrogen and oxygen atoms in total. The van der Waals surface area contributed by atoms with Gasteiger partial charge in [0.05, 0.1) is 0 Å². The summed E-state index contributed by atoms with van der Waals surface area (Å²) in [5.74, 6) is -0.504. The van der Waals surface area contributed by atoms with E-state index in [0.717, 1.165) is 38.5 Å². The van der Waals surface area contributed by atoms with Crippen LogP contribution in [-0.2, 0) is 29.0 Å². The lowest BCUT2D eigenvalue weighted by molar-refractivity contribution is -0.136. The Morgan fingerprint density at radius 3 is 2.34 bits per heavy atom. The fourth-order valence-electron chi connectivity index (χ4n) is 5.25. The fourth-order valence-corrected chi connectivity index (χ4v) is 5.25. The minimum absolute atomic E-state index is 0.0524. The first-order chi connectivity index (χ1) is 21.4. The zero-order chi connectivity index (χ0) is 30.5. The number of H-pyrrole nitrogens is 1. The number of para-hydroxylation sites is 1. The zero-order valence-corrected chi connectivity index (χ0v) is 24.0. The number of esters is 1. The smallest absolute Gasteiger partial charge is 0.408 e. The van der Waals surface area contributed by atoms with Crippen LogP contribution in [0.1, 0.15) is 27.8 Å². The minimum atomic E-state index is -1.06. The number of amides is 1. The molecule has 1 amide bonds. The number of ether oxygens (including phenoxy) is 2. The van der Waals surface area contributed by atoms with Gasteiger partial charge in [-0.05, 0) is 47.4 Å². The molecular formula is C36H30N2O6. The molecule has 0 saturated heterocycles. The Hall–Kier alpha value is -5.63. The van der Waals surface area contributed by atoms with Crippen LogP contribution in [0.4, 0.5) is 4.79 Å². The second kappa shape index (κ2) is 12.7. The summed E-state index contributed by atoms with van der Waals surface area (Å²) in [6.45, 7) is 1.93. The Bertz CT molecular complexity index is 2000. The highest BCUT2D eigenvalue weighted by Crippen LogP contribution is 2.26. The lowest BCUT2D eigenvalue weighted by Crippen LogP contribution is -2.44. The van der Waals surface area contributed by atoms with Gasteiger partial charge >= 0.3 is 17.7 Å². The Kier molecular flexibility index (Phi) is 8.23. The van der Waals surface area contributed by atoms with Gasteiger partial charge in [-0.3, -0.25) is 0 Å². The molecule has 220 valence electrons. The van der Waals surface area contributed by atoms with Gasteiger partial charge in [-0.2, -0.15) is 0 Å². The van der Waals surface area contributed by atoms with Gasteiger partial charge in [0.1, 0.15) is 24.0 Å². The Balaban J connectivity index is 1.23. The maximum atomic E-state index is 13.5. The number of alkyl carbamates (subject to hydrolysis) is 1. The number of fused-ring (bicyclic) bond motifs is 2. The van der Waals surface area contributed by atoms with Crippen molar-refractivity contribution in [3.05, 3.63) is 148 Å². The van der Waals surface area contributed by atoms with E-state index in [0.29, 0.717) is 17.6 Å². The molecule has 0 aliphatic heterocycles. The van der Waals surface area contributed by atoms with Crippen LogP contribution in [0.5, 0.6) is 5.75 Å². The van der Waals surface area contributed by atoms with E-state index in [1.807, 2.05) is 98.0 Å². The average Bonchev–Trinajstić information content (AvgIpc) is 3.45. The van der Waals surface area contributed by atoms with Gasteiger partial charge in [-0.1, -0.05) is 78.9 Å². The van der Waals surface area contributed by atoms with Crippen LogP contribution in [0, 0.1) is 6.92 Å². The molecule has 2 aromatic heterocycles. The van der Waals surface area contributed by atoms with Crippen molar-refractivity contribution in [2.45, 2.75) is 32.4 Å². The predicted octanol–water partition coefficient (Wildman–Crippen LogP) is 6.62. The number of aromatic amines is 1. The lowest BCUT2D eigenvalue weighted by atomic mass is 10.00. The summed E-state index contributed by atoms with van der Waals surface area (Å²) >= 11 is 0. The molecule has 4 aromatic carbocycles. The number of aryl methyl sites for hydroxylation is 1. The second-order valence-electron chi connectivity index (χ2n) is 10.6. The summed E-state index contributed by atoms with van der Waals surface area (Å²) < 4.78 is 16.8. The Morgan fingerprint density at radius 1 is 0.864 bits per heavy atom. The molecule has 0 aliphatic carbocycles. The second-order valence-corrected chi connectivity index (χ2v) is 10.6. The number of hydrogen-bond donors (Lipinski definition) is 2. The number of rotatable bonds is 9. The molecule has 6 rings (SSSR count). The summed E-state index contributed by atoms with van der Waals surface area (Å²) in [7, 11) is 0. The van der Waals surface area contributed by atoms with E-state index in [9.17, 15) is 14.4 Å². The highest BCUT2D eigenvalue weighted by atomic mass is 16.6. The molecule has 2 N–H and O–H groups in total. The van der Waals surface area contributed by atoms with Crippen LogP contribution < -0.4 is 15.7 Å². The van der Waals surface area contributed by atoms with Gasteiger partial charge in [0, 0.05) is 47.0 Å². The summed E-state index contributed by atoms with van der Waals surface area (Å²) in [5.41, 5.74) is 4.80. The van der Waals surface area contributed by atoms with Crippen molar-refractivity contribution < 1.29 is 23.5 Å². The van der Waals surface area contributed by atoms with Gasteiger partial charge in [-0.25, -0.2) is 14.4 Å². The third kappa shape index (κ3) is 6.39. The maximum absolute atomic E-state index is 13.5. The van der Waals surface area contributed by atoms with Crippen LogP contribution in [-0.4, -0.2) is 23.1 Å². The molecule has 0 spiro atoms. The molecule has 0 fully saturated rings. The van der Waals surface area contributed by atoms with Crippen LogP contribution in [0.3, 0.4) is 0 Å². The number of benzene rings is 4. The van der Waals surface area contributed by atoms with Gasteiger partial charge in [0.15, 0.2) is 0 Å². The van der Waals surface area contributed by atoms with Gasteiger partial charge in [-0.15, -0.1) is 0 Å². The molecule has 2 heterocycles. The van der Waals surface area contributed by atoms with Crippen molar-refractivity contribution in [3.63, 3.8) is 0 Å². The van der Waals surface area contributed by atoms with Crippen molar-refractivity contribution in [3.8, 4) is 5.75 Å². The number of hydrogen-bond acceptors (Lipinski definition) is 6. The van der Waals surface area contributed by atoms with Gasteiger partial charge in [0.25, 0.3) is 0 Å². The quantitative estimate of drug-likeness (QED) is 0.112. The highest BCUT2D eigenvalue weighted by Gasteiger charge is 2.26.